The average Bonchev–Trinajstić information content (AvgIpc) is 2.33. The number of β-amino-alcohol motifs (C(OH)–C–C–N with tert-alkyl or cyclic N) is 1. The number of carbonyl (C=O) groups excluding carboxylic acids is 1. The molecule has 1 saturated heterocycles. The Hall–Kier alpha value is -1.75. The van der Waals surface area contributed by atoms with Crippen LogP contribution >= 0.6 is 0 Å². The van der Waals surface area contributed by atoms with E-state index in [1.807, 2.05) is 58.9 Å². The number of rotatable bonds is 3. The van der Waals surface area contributed by atoms with Crippen LogP contribution in [-0.4, -0.2) is 40.9 Å². The molecule has 2 rings (SSSR count). The fourth-order valence-electron chi connectivity index (χ4n) is 2.34. The molecule has 0 atom stereocenters. The van der Waals surface area contributed by atoms with Gasteiger partial charge < -0.3 is 19.5 Å². The number of hydrogen-bond donors (Lipinski definition) is 1. The Labute approximate surface area is 131 Å². The normalized spacial score (nSPS) is 17.1. The summed E-state index contributed by atoms with van der Waals surface area (Å²) in [5, 5.41) is 10.6. The summed E-state index contributed by atoms with van der Waals surface area (Å²) in [6.07, 6.45) is -0.280. The lowest BCUT2D eigenvalue weighted by molar-refractivity contribution is -0.103. The van der Waals surface area contributed by atoms with Crippen LogP contribution in [0.2, 0.25) is 0 Å². The van der Waals surface area contributed by atoms with Gasteiger partial charge in [0.15, 0.2) is 0 Å². The van der Waals surface area contributed by atoms with Crippen molar-refractivity contribution in [3.63, 3.8) is 0 Å². The number of likely N-dealkylation sites (tertiary alicyclic amines) is 1. The molecule has 5 heteroatoms. The van der Waals surface area contributed by atoms with Gasteiger partial charge in [-0.2, -0.15) is 0 Å². The second kappa shape index (κ2) is 5.80. The van der Waals surface area contributed by atoms with Gasteiger partial charge in [0.05, 0.1) is 19.2 Å². The third-order valence-electron chi connectivity index (χ3n) is 3.32. The topological polar surface area (TPSA) is 59.0 Å². The quantitative estimate of drug-likeness (QED) is 0.933. The van der Waals surface area contributed by atoms with Crippen LogP contribution in [0.5, 0.6) is 5.75 Å². The van der Waals surface area contributed by atoms with Crippen molar-refractivity contribution in [1.82, 2.24) is 4.90 Å². The van der Waals surface area contributed by atoms with Gasteiger partial charge in [-0.15, -0.1) is 0 Å². The van der Waals surface area contributed by atoms with E-state index in [1.165, 1.54) is 4.90 Å². The molecule has 0 bridgehead atoms. The predicted octanol–water partition coefficient (Wildman–Crippen LogP) is 2.91. The first-order valence-corrected chi connectivity index (χ1v) is 7.57. The third kappa shape index (κ3) is 3.91. The summed E-state index contributed by atoms with van der Waals surface area (Å²) in [6.45, 7) is 9.88. The zero-order valence-corrected chi connectivity index (χ0v) is 13.9. The Bertz CT molecular complexity index is 525. The third-order valence-corrected chi connectivity index (χ3v) is 3.32. The van der Waals surface area contributed by atoms with E-state index in [-0.39, 0.29) is 19.2 Å². The number of amides is 1. The summed E-state index contributed by atoms with van der Waals surface area (Å²) in [6, 6.07) is 7.35. The highest BCUT2D eigenvalue weighted by Crippen LogP contribution is 2.33. The van der Waals surface area contributed by atoms with Crippen molar-refractivity contribution < 1.29 is 19.4 Å². The van der Waals surface area contributed by atoms with E-state index in [1.54, 1.807) is 0 Å². The van der Waals surface area contributed by atoms with E-state index >= 15 is 0 Å². The highest BCUT2D eigenvalue weighted by atomic mass is 16.6. The molecular formula is C17H25NO4. The van der Waals surface area contributed by atoms with Gasteiger partial charge in [0.1, 0.15) is 17.0 Å². The van der Waals surface area contributed by atoms with Crippen LogP contribution in [0.25, 0.3) is 0 Å². The van der Waals surface area contributed by atoms with E-state index in [2.05, 4.69) is 0 Å². The molecule has 122 valence electrons. The van der Waals surface area contributed by atoms with Crippen LogP contribution in [0.1, 0.15) is 40.2 Å². The van der Waals surface area contributed by atoms with E-state index < -0.39 is 17.3 Å². The Balaban J connectivity index is 1.96. The van der Waals surface area contributed by atoms with E-state index in [0.717, 1.165) is 11.3 Å². The predicted molar refractivity (Wildman–Crippen MR) is 83.9 cm³/mol. The Morgan fingerprint density at radius 2 is 1.77 bits per heavy atom. The summed E-state index contributed by atoms with van der Waals surface area (Å²) >= 11 is 0. The Morgan fingerprint density at radius 1 is 1.23 bits per heavy atom. The molecule has 1 aromatic rings. The largest absolute Gasteiger partial charge is 0.491 e. The van der Waals surface area contributed by atoms with Gasteiger partial charge in [0.2, 0.25) is 0 Å². The maximum atomic E-state index is 11.9. The van der Waals surface area contributed by atoms with Crippen molar-refractivity contribution in [2.45, 2.75) is 51.9 Å². The molecule has 1 aliphatic rings. The van der Waals surface area contributed by atoms with Crippen LogP contribution in [0.3, 0.4) is 0 Å². The zero-order chi connectivity index (χ0) is 16.5. The van der Waals surface area contributed by atoms with Crippen LogP contribution in [0, 0.1) is 0 Å². The summed E-state index contributed by atoms with van der Waals surface area (Å²) < 4.78 is 10.9. The monoisotopic (exact) mass is 307 g/mol. The number of benzene rings is 1. The number of nitrogens with zero attached hydrogens (tertiary/aromatic N) is 1. The first-order chi connectivity index (χ1) is 10.1. The van der Waals surface area contributed by atoms with E-state index in [0.29, 0.717) is 0 Å². The molecule has 0 unspecified atom stereocenters. The van der Waals surface area contributed by atoms with E-state index in [9.17, 15) is 9.90 Å². The molecule has 1 amide bonds. The van der Waals surface area contributed by atoms with E-state index in [4.69, 9.17) is 9.47 Å². The van der Waals surface area contributed by atoms with Crippen LogP contribution in [-0.2, 0) is 10.3 Å². The minimum Gasteiger partial charge on any atom is -0.491 e. The standard InChI is InChI=1S/C17H25NO4/c1-12(2)21-14-8-6-13(7-9-14)17(20)10-18(11-17)15(19)22-16(3,4)5/h6-9,12,20H,10-11H2,1-5H3. The molecule has 1 heterocycles. The van der Waals surface area contributed by atoms with Gasteiger partial charge in [0.25, 0.3) is 0 Å². The van der Waals surface area contributed by atoms with Crippen molar-refractivity contribution in [2.24, 2.45) is 0 Å². The molecule has 0 saturated carbocycles. The lowest BCUT2D eigenvalue weighted by Crippen LogP contribution is -2.61. The van der Waals surface area contributed by atoms with Crippen molar-refractivity contribution in [2.75, 3.05) is 13.1 Å². The Kier molecular flexibility index (Phi) is 4.38. The van der Waals surface area contributed by atoms with Gasteiger partial charge in [-0.25, -0.2) is 4.79 Å². The molecular weight excluding hydrogens is 282 g/mol. The molecule has 0 radical (unpaired) electrons. The number of hydrogen-bond acceptors (Lipinski definition) is 4. The van der Waals surface area contributed by atoms with Crippen LogP contribution < -0.4 is 4.74 Å². The summed E-state index contributed by atoms with van der Waals surface area (Å²) in [5.41, 5.74) is -0.753. The SMILES string of the molecule is CC(C)Oc1ccc(C2(O)CN(C(=O)OC(C)(C)C)C2)cc1. The van der Waals surface area contributed by atoms with Crippen molar-refractivity contribution in [3.8, 4) is 5.75 Å². The maximum absolute atomic E-state index is 11.9. The maximum Gasteiger partial charge on any atom is 0.410 e. The molecule has 1 N–H and O–H groups in total. The highest BCUT2D eigenvalue weighted by Gasteiger charge is 2.46. The van der Waals surface area contributed by atoms with Crippen molar-refractivity contribution >= 4 is 6.09 Å². The highest BCUT2D eigenvalue weighted by molar-refractivity contribution is 5.70. The summed E-state index contributed by atoms with van der Waals surface area (Å²) in [5.74, 6) is 0.769. The molecule has 1 aliphatic heterocycles. The average molecular weight is 307 g/mol. The van der Waals surface area contributed by atoms with Gasteiger partial charge in [-0.3, -0.25) is 0 Å². The first kappa shape index (κ1) is 16.6. The molecule has 0 aliphatic carbocycles. The number of aliphatic hydroxyl groups is 1. The number of ether oxygens (including phenoxy) is 2. The molecule has 5 nitrogen and oxygen atoms in total. The first-order valence-electron chi connectivity index (χ1n) is 7.57. The summed E-state index contributed by atoms with van der Waals surface area (Å²) in [7, 11) is 0. The van der Waals surface area contributed by atoms with Crippen molar-refractivity contribution in [3.05, 3.63) is 29.8 Å². The lowest BCUT2D eigenvalue weighted by Gasteiger charge is -2.46. The van der Waals surface area contributed by atoms with Crippen LogP contribution in [0.4, 0.5) is 4.79 Å². The molecule has 0 aromatic heterocycles. The van der Waals surface area contributed by atoms with Crippen molar-refractivity contribution in [1.29, 1.82) is 0 Å². The minimum absolute atomic E-state index is 0.111. The molecule has 0 spiro atoms. The minimum atomic E-state index is -1.01. The van der Waals surface area contributed by atoms with Gasteiger partial charge in [0, 0.05) is 0 Å². The molecule has 1 fully saturated rings. The van der Waals surface area contributed by atoms with Crippen LogP contribution in [0.15, 0.2) is 24.3 Å². The molecule has 1 aromatic carbocycles. The van der Waals surface area contributed by atoms with Gasteiger partial charge in [-0.05, 0) is 52.3 Å². The zero-order valence-electron chi connectivity index (χ0n) is 13.9. The van der Waals surface area contributed by atoms with Gasteiger partial charge in [-0.1, -0.05) is 12.1 Å². The second-order valence-electron chi connectivity index (χ2n) is 7.06. The fraction of sp³-hybridized carbons (Fsp3) is 0.588. The number of carbonyl (C=O) groups is 1. The Morgan fingerprint density at radius 3 is 2.23 bits per heavy atom. The molecule has 22 heavy (non-hydrogen) atoms. The van der Waals surface area contributed by atoms with Gasteiger partial charge >= 0.3 is 6.09 Å². The lowest BCUT2D eigenvalue weighted by atomic mass is 9.86. The summed E-state index contributed by atoms with van der Waals surface area (Å²) in [4.78, 5) is 13.4. The second-order valence-corrected chi connectivity index (χ2v) is 7.06. The fourth-order valence-corrected chi connectivity index (χ4v) is 2.34. The smallest absolute Gasteiger partial charge is 0.410 e.